The molecule has 0 radical (unpaired) electrons. The van der Waals surface area contributed by atoms with Crippen LogP contribution in [0.15, 0.2) is 206 Å². The topological polar surface area (TPSA) is 18.5 Å². The summed E-state index contributed by atoms with van der Waals surface area (Å²) in [5.74, 6) is 3.59. The maximum absolute atomic E-state index is 7.19. The van der Waals surface area contributed by atoms with Crippen LogP contribution in [0.3, 0.4) is 0 Å². The maximum Gasteiger partial charge on any atom is 0.252 e. The van der Waals surface area contributed by atoms with Crippen LogP contribution in [0.2, 0.25) is 0 Å². The second-order valence-electron chi connectivity index (χ2n) is 16.1. The summed E-state index contributed by atoms with van der Waals surface area (Å²) in [6.07, 6.45) is 0. The lowest BCUT2D eigenvalue weighted by Gasteiger charge is -2.32. The van der Waals surface area contributed by atoms with Gasteiger partial charge in [0.15, 0.2) is 0 Å². The van der Waals surface area contributed by atoms with Gasteiger partial charge in [0.2, 0.25) is 0 Å². The first-order valence-corrected chi connectivity index (χ1v) is 20.8. The first-order valence-electron chi connectivity index (χ1n) is 20.8. The standard InChI is InChI=1S/C56H40B2O2/c1-37-28-32-48-53(34-37)59-52-27-13-12-25-47(52)57(48)51-36-42(30-31-43(51)39-16-6-3-7-17-39)46-24-15-26-50-56(46)60-54-35-38(2)29-33-49(54)58(50)55-44(40-18-8-4-9-19-40)22-14-23-45(55)41-20-10-5-11-21-41/h3-36H,1-2H3. The summed E-state index contributed by atoms with van der Waals surface area (Å²) < 4.78 is 13.8. The molecule has 4 heteroatoms. The summed E-state index contributed by atoms with van der Waals surface area (Å²) in [5, 5.41) is 0. The van der Waals surface area contributed by atoms with E-state index in [0.29, 0.717) is 0 Å². The van der Waals surface area contributed by atoms with E-state index in [0.717, 1.165) is 61.5 Å². The minimum Gasteiger partial charge on any atom is -0.458 e. The molecule has 0 saturated carbocycles. The van der Waals surface area contributed by atoms with E-state index in [9.17, 15) is 0 Å². The van der Waals surface area contributed by atoms with Crippen molar-refractivity contribution < 1.29 is 9.47 Å². The monoisotopic (exact) mass is 766 g/mol. The van der Waals surface area contributed by atoms with Crippen LogP contribution in [-0.4, -0.2) is 13.4 Å². The van der Waals surface area contributed by atoms with Gasteiger partial charge in [-0.2, -0.15) is 0 Å². The lowest BCUT2D eigenvalue weighted by molar-refractivity contribution is 0.487. The van der Waals surface area contributed by atoms with Gasteiger partial charge in [-0.1, -0.05) is 199 Å². The number of ether oxygens (including phenoxy) is 2. The second-order valence-corrected chi connectivity index (χ2v) is 16.1. The number of aryl methyl sites for hydroxylation is 2. The highest BCUT2D eigenvalue weighted by Gasteiger charge is 2.38. The van der Waals surface area contributed by atoms with Crippen LogP contribution in [0.4, 0.5) is 0 Å². The molecular formula is C56H40B2O2. The quantitative estimate of drug-likeness (QED) is 0.157. The predicted octanol–water partition coefficient (Wildman–Crippen LogP) is 10.2. The number of para-hydroxylation sites is 2. The van der Waals surface area contributed by atoms with Gasteiger partial charge in [0, 0.05) is 5.56 Å². The van der Waals surface area contributed by atoms with E-state index < -0.39 is 0 Å². The van der Waals surface area contributed by atoms with Crippen molar-refractivity contribution in [3.63, 3.8) is 0 Å². The maximum atomic E-state index is 7.19. The molecule has 0 spiro atoms. The van der Waals surface area contributed by atoms with Crippen molar-refractivity contribution in [2.75, 3.05) is 0 Å². The molecule has 2 aliphatic rings. The fraction of sp³-hybridized carbons (Fsp3) is 0.0357. The number of hydrogen-bond donors (Lipinski definition) is 0. The van der Waals surface area contributed by atoms with Crippen molar-refractivity contribution in [2.24, 2.45) is 0 Å². The first-order chi connectivity index (χ1) is 29.6. The van der Waals surface area contributed by atoms with Crippen molar-refractivity contribution in [3.8, 4) is 67.5 Å². The van der Waals surface area contributed by atoms with Crippen LogP contribution in [-0.2, 0) is 0 Å². The van der Waals surface area contributed by atoms with Gasteiger partial charge in [-0.15, -0.1) is 0 Å². The van der Waals surface area contributed by atoms with Gasteiger partial charge < -0.3 is 9.47 Å². The van der Waals surface area contributed by atoms with Gasteiger partial charge in [0.1, 0.15) is 23.0 Å². The van der Waals surface area contributed by atoms with Gasteiger partial charge >= 0.3 is 0 Å². The van der Waals surface area contributed by atoms with Gasteiger partial charge in [-0.3, -0.25) is 0 Å². The van der Waals surface area contributed by atoms with Crippen molar-refractivity contribution in [2.45, 2.75) is 13.8 Å². The Hall–Kier alpha value is -7.29. The Morgan fingerprint density at radius 2 is 0.800 bits per heavy atom. The van der Waals surface area contributed by atoms with Gasteiger partial charge in [-0.05, 0) is 104 Å². The molecule has 60 heavy (non-hydrogen) atoms. The highest BCUT2D eigenvalue weighted by Crippen LogP contribution is 2.38. The fourth-order valence-electron chi connectivity index (χ4n) is 9.55. The summed E-state index contributed by atoms with van der Waals surface area (Å²) in [7, 11) is 0. The van der Waals surface area contributed by atoms with E-state index in [2.05, 4.69) is 220 Å². The van der Waals surface area contributed by atoms with Gasteiger partial charge in [0.05, 0.1) is 0 Å². The molecule has 2 nitrogen and oxygen atoms in total. The van der Waals surface area contributed by atoms with Crippen molar-refractivity contribution in [1.29, 1.82) is 0 Å². The fourth-order valence-corrected chi connectivity index (χ4v) is 9.55. The van der Waals surface area contributed by atoms with E-state index in [4.69, 9.17) is 9.47 Å². The summed E-state index contributed by atoms with van der Waals surface area (Å²) in [5.41, 5.74) is 18.8. The van der Waals surface area contributed by atoms with Crippen LogP contribution in [0.5, 0.6) is 23.0 Å². The SMILES string of the molecule is Cc1ccc2c(c1)Oc1ccccc1B2c1cc(-c2cccc3c2Oc2cc(C)ccc2B3c2c(-c3ccccc3)cccc2-c2ccccc2)ccc1-c1ccccc1. The predicted molar refractivity (Wildman–Crippen MR) is 253 cm³/mol. The minimum atomic E-state index is -0.100. The van der Waals surface area contributed by atoms with Crippen molar-refractivity contribution in [3.05, 3.63) is 217 Å². The average Bonchev–Trinajstić information content (AvgIpc) is 3.30. The van der Waals surface area contributed by atoms with Crippen LogP contribution in [0.25, 0.3) is 44.5 Å². The number of hydrogen-bond acceptors (Lipinski definition) is 2. The molecule has 2 aliphatic heterocycles. The highest BCUT2D eigenvalue weighted by molar-refractivity contribution is 6.99. The lowest BCUT2D eigenvalue weighted by Crippen LogP contribution is -2.56. The molecule has 0 saturated heterocycles. The van der Waals surface area contributed by atoms with Crippen LogP contribution < -0.4 is 42.3 Å². The highest BCUT2D eigenvalue weighted by atomic mass is 16.5. The molecule has 0 aromatic heterocycles. The van der Waals surface area contributed by atoms with Crippen LogP contribution in [0, 0.1) is 13.8 Å². The minimum absolute atomic E-state index is 0.0523. The number of rotatable bonds is 6. The van der Waals surface area contributed by atoms with Gasteiger partial charge in [-0.25, -0.2) is 0 Å². The molecule has 9 aromatic carbocycles. The van der Waals surface area contributed by atoms with E-state index in [1.54, 1.807) is 0 Å². The Kier molecular flexibility index (Phi) is 8.85. The normalized spacial score (nSPS) is 12.4. The molecule has 9 aromatic rings. The Bertz CT molecular complexity index is 3010. The molecule has 0 atom stereocenters. The third-order valence-electron chi connectivity index (χ3n) is 12.3. The first kappa shape index (κ1) is 35.8. The van der Waals surface area contributed by atoms with Crippen molar-refractivity contribution in [1.82, 2.24) is 0 Å². The van der Waals surface area contributed by atoms with E-state index in [1.807, 2.05) is 0 Å². The molecule has 0 bridgehead atoms. The van der Waals surface area contributed by atoms with Crippen LogP contribution in [0.1, 0.15) is 11.1 Å². The largest absolute Gasteiger partial charge is 0.458 e. The summed E-state index contributed by atoms with van der Waals surface area (Å²) in [6, 6.07) is 74.7. The molecule has 0 aliphatic carbocycles. The van der Waals surface area contributed by atoms with Gasteiger partial charge in [0.25, 0.3) is 13.4 Å². The summed E-state index contributed by atoms with van der Waals surface area (Å²) >= 11 is 0. The Morgan fingerprint density at radius 1 is 0.300 bits per heavy atom. The summed E-state index contributed by atoms with van der Waals surface area (Å²) in [4.78, 5) is 0. The zero-order valence-corrected chi connectivity index (χ0v) is 33.6. The Morgan fingerprint density at radius 3 is 1.45 bits per heavy atom. The number of benzene rings is 9. The Labute approximate surface area is 352 Å². The van der Waals surface area contributed by atoms with E-state index in [-0.39, 0.29) is 13.4 Å². The molecule has 0 fully saturated rings. The zero-order chi connectivity index (χ0) is 40.2. The molecule has 11 rings (SSSR count). The molecule has 282 valence electrons. The molecule has 0 amide bonds. The van der Waals surface area contributed by atoms with E-state index in [1.165, 1.54) is 49.9 Å². The summed E-state index contributed by atoms with van der Waals surface area (Å²) in [6.45, 7) is 4.12. The molecular weight excluding hydrogens is 726 g/mol. The third-order valence-corrected chi connectivity index (χ3v) is 12.3. The Balaban J connectivity index is 1.16. The smallest absolute Gasteiger partial charge is 0.252 e. The van der Waals surface area contributed by atoms with E-state index >= 15 is 0 Å². The lowest BCUT2D eigenvalue weighted by atomic mass is 9.34. The molecule has 2 heterocycles. The zero-order valence-electron chi connectivity index (χ0n) is 33.6. The second kappa shape index (κ2) is 14.8. The molecule has 0 unspecified atom stereocenters. The van der Waals surface area contributed by atoms with Crippen molar-refractivity contribution >= 4 is 46.2 Å². The van der Waals surface area contributed by atoms with Crippen LogP contribution >= 0.6 is 0 Å². The third kappa shape index (κ3) is 6.15. The molecule has 0 N–H and O–H groups in total. The number of fused-ring (bicyclic) bond motifs is 4. The average molecular weight is 767 g/mol.